The molecule has 1 amide bonds. The maximum absolute atomic E-state index is 12.3. The van der Waals surface area contributed by atoms with E-state index in [0.717, 1.165) is 22.4 Å². The summed E-state index contributed by atoms with van der Waals surface area (Å²) in [5, 5.41) is 12.3. The van der Waals surface area contributed by atoms with E-state index in [4.69, 9.17) is 0 Å². The van der Waals surface area contributed by atoms with Crippen LogP contribution in [0.15, 0.2) is 42.5 Å². The minimum Gasteiger partial charge on any atom is -0.481 e. The Morgan fingerprint density at radius 1 is 1.04 bits per heavy atom. The average molecular weight is 311 g/mol. The van der Waals surface area contributed by atoms with Gasteiger partial charge in [0, 0.05) is 12.1 Å². The van der Waals surface area contributed by atoms with Gasteiger partial charge in [-0.3, -0.25) is 9.59 Å². The van der Waals surface area contributed by atoms with Crippen molar-refractivity contribution in [3.63, 3.8) is 0 Å². The smallest absolute Gasteiger partial charge is 0.311 e. The highest BCUT2D eigenvalue weighted by Crippen LogP contribution is 2.24. The Labute approximate surface area is 136 Å². The lowest BCUT2D eigenvalue weighted by Gasteiger charge is -2.16. The summed E-state index contributed by atoms with van der Waals surface area (Å²) in [6, 6.07) is 12.8. The monoisotopic (exact) mass is 311 g/mol. The van der Waals surface area contributed by atoms with Crippen molar-refractivity contribution >= 4 is 17.6 Å². The molecule has 4 nitrogen and oxygen atoms in total. The van der Waals surface area contributed by atoms with Gasteiger partial charge in [0.2, 0.25) is 5.91 Å². The van der Waals surface area contributed by atoms with E-state index in [2.05, 4.69) is 5.32 Å². The third-order valence-corrected chi connectivity index (χ3v) is 3.83. The number of carboxylic acid groups (broad SMARTS) is 1. The molecule has 2 N–H and O–H groups in total. The number of nitrogens with one attached hydrogen (secondary N) is 1. The highest BCUT2D eigenvalue weighted by atomic mass is 16.4. The number of amides is 1. The van der Waals surface area contributed by atoms with E-state index in [9.17, 15) is 14.7 Å². The molecule has 0 aliphatic carbocycles. The maximum Gasteiger partial charge on any atom is 0.311 e. The van der Waals surface area contributed by atoms with Gasteiger partial charge in [-0.1, -0.05) is 48.0 Å². The first kappa shape index (κ1) is 16.7. The molecule has 2 rings (SSSR count). The minimum atomic E-state index is -0.997. The molecule has 0 radical (unpaired) electrons. The maximum atomic E-state index is 12.3. The van der Waals surface area contributed by atoms with Crippen molar-refractivity contribution in [2.24, 2.45) is 0 Å². The van der Waals surface area contributed by atoms with Crippen LogP contribution in [0, 0.1) is 20.8 Å². The summed E-state index contributed by atoms with van der Waals surface area (Å²) in [7, 11) is 0. The molecule has 23 heavy (non-hydrogen) atoms. The van der Waals surface area contributed by atoms with E-state index in [-0.39, 0.29) is 12.3 Å². The SMILES string of the molecule is Cc1cc(C)c(NC(=O)C[C@H](C(=O)O)c2ccccc2)c(C)c1. The van der Waals surface area contributed by atoms with Crippen molar-refractivity contribution in [3.8, 4) is 0 Å². The zero-order chi connectivity index (χ0) is 17.0. The third kappa shape index (κ3) is 4.19. The zero-order valence-corrected chi connectivity index (χ0v) is 13.6. The first-order valence-electron chi connectivity index (χ1n) is 7.54. The number of carboxylic acids is 1. The Hall–Kier alpha value is -2.62. The molecule has 2 aromatic rings. The summed E-state index contributed by atoms with van der Waals surface area (Å²) in [5.74, 6) is -2.14. The van der Waals surface area contributed by atoms with Gasteiger partial charge in [0.15, 0.2) is 0 Å². The van der Waals surface area contributed by atoms with Crippen LogP contribution in [0.1, 0.15) is 34.6 Å². The fourth-order valence-electron chi connectivity index (χ4n) is 2.79. The van der Waals surface area contributed by atoms with E-state index in [1.54, 1.807) is 24.3 Å². The molecule has 0 heterocycles. The molecule has 1 atom stereocenters. The quantitative estimate of drug-likeness (QED) is 0.882. The second-order valence-corrected chi connectivity index (χ2v) is 5.83. The highest BCUT2D eigenvalue weighted by molar-refractivity contribution is 5.95. The van der Waals surface area contributed by atoms with Crippen molar-refractivity contribution in [3.05, 3.63) is 64.7 Å². The van der Waals surface area contributed by atoms with Gasteiger partial charge >= 0.3 is 5.97 Å². The van der Waals surface area contributed by atoms with Crippen molar-refractivity contribution < 1.29 is 14.7 Å². The van der Waals surface area contributed by atoms with Crippen molar-refractivity contribution in [1.29, 1.82) is 0 Å². The number of hydrogen-bond acceptors (Lipinski definition) is 2. The molecule has 4 heteroatoms. The molecule has 120 valence electrons. The Balaban J connectivity index is 2.16. The standard InChI is InChI=1S/C19H21NO3/c1-12-9-13(2)18(14(3)10-12)20-17(21)11-16(19(22)23)15-7-5-4-6-8-15/h4-10,16H,11H2,1-3H3,(H,20,21)(H,22,23)/t16-/m0/s1. The highest BCUT2D eigenvalue weighted by Gasteiger charge is 2.23. The lowest BCUT2D eigenvalue weighted by molar-refractivity contribution is -0.140. The molecule has 0 aromatic heterocycles. The first-order valence-corrected chi connectivity index (χ1v) is 7.54. The topological polar surface area (TPSA) is 66.4 Å². The van der Waals surface area contributed by atoms with E-state index >= 15 is 0 Å². The van der Waals surface area contributed by atoms with Gasteiger partial charge in [0.05, 0.1) is 5.92 Å². The van der Waals surface area contributed by atoms with Crippen LogP contribution in [0.3, 0.4) is 0 Å². The summed E-state index contributed by atoms with van der Waals surface area (Å²) in [6.45, 7) is 5.87. The minimum absolute atomic E-state index is 0.0912. The molecular weight excluding hydrogens is 290 g/mol. The van der Waals surface area contributed by atoms with Gasteiger partial charge in [0.25, 0.3) is 0 Å². The summed E-state index contributed by atoms with van der Waals surface area (Å²) < 4.78 is 0. The fraction of sp³-hybridized carbons (Fsp3) is 0.263. The number of hydrogen-bond donors (Lipinski definition) is 2. The summed E-state index contributed by atoms with van der Waals surface area (Å²) in [6.07, 6.45) is -0.0912. The van der Waals surface area contributed by atoms with Crippen LogP contribution in [0.5, 0.6) is 0 Å². The van der Waals surface area contributed by atoms with Crippen LogP contribution in [0.2, 0.25) is 0 Å². The molecule has 0 fully saturated rings. The summed E-state index contributed by atoms with van der Waals surface area (Å²) >= 11 is 0. The lowest BCUT2D eigenvalue weighted by Crippen LogP contribution is -2.21. The van der Waals surface area contributed by atoms with E-state index < -0.39 is 11.9 Å². The number of aliphatic carboxylic acids is 1. The van der Waals surface area contributed by atoms with Gasteiger partial charge in [0.1, 0.15) is 0 Å². The van der Waals surface area contributed by atoms with E-state index in [1.165, 1.54) is 0 Å². The number of carbonyl (C=O) groups excluding carboxylic acids is 1. The number of aryl methyl sites for hydroxylation is 3. The zero-order valence-electron chi connectivity index (χ0n) is 13.6. The van der Waals surface area contributed by atoms with Gasteiger partial charge in [-0.2, -0.15) is 0 Å². The largest absolute Gasteiger partial charge is 0.481 e. The van der Waals surface area contributed by atoms with Crippen LogP contribution < -0.4 is 5.32 Å². The van der Waals surface area contributed by atoms with Gasteiger partial charge in [-0.15, -0.1) is 0 Å². The second kappa shape index (κ2) is 7.09. The number of benzene rings is 2. The Bertz CT molecular complexity index is 700. The average Bonchev–Trinajstić information content (AvgIpc) is 2.49. The molecular formula is C19H21NO3. The molecule has 0 aliphatic rings. The van der Waals surface area contributed by atoms with Crippen LogP contribution in [0.4, 0.5) is 5.69 Å². The summed E-state index contributed by atoms with van der Waals surface area (Å²) in [4.78, 5) is 23.8. The molecule has 0 saturated carbocycles. The summed E-state index contributed by atoms with van der Waals surface area (Å²) in [5.41, 5.74) is 4.47. The van der Waals surface area contributed by atoms with Crippen molar-refractivity contribution in [2.75, 3.05) is 5.32 Å². The predicted octanol–water partition coefficient (Wildman–Crippen LogP) is 3.81. The third-order valence-electron chi connectivity index (χ3n) is 3.83. The fourth-order valence-corrected chi connectivity index (χ4v) is 2.79. The molecule has 0 saturated heterocycles. The Morgan fingerprint density at radius 3 is 2.13 bits per heavy atom. The molecule has 2 aromatic carbocycles. The number of rotatable bonds is 5. The molecule has 0 unspecified atom stereocenters. The van der Waals surface area contributed by atoms with Crippen molar-refractivity contribution in [1.82, 2.24) is 0 Å². The second-order valence-electron chi connectivity index (χ2n) is 5.83. The Morgan fingerprint density at radius 2 is 1.61 bits per heavy atom. The lowest BCUT2D eigenvalue weighted by atomic mass is 9.95. The Kier molecular flexibility index (Phi) is 5.16. The van der Waals surface area contributed by atoms with Gasteiger partial charge < -0.3 is 10.4 Å². The van der Waals surface area contributed by atoms with Crippen LogP contribution in [-0.4, -0.2) is 17.0 Å². The van der Waals surface area contributed by atoms with Crippen LogP contribution in [-0.2, 0) is 9.59 Å². The molecule has 0 bridgehead atoms. The van der Waals surface area contributed by atoms with Crippen LogP contribution in [0.25, 0.3) is 0 Å². The van der Waals surface area contributed by atoms with E-state index in [0.29, 0.717) is 5.56 Å². The molecule has 0 spiro atoms. The number of anilines is 1. The molecule has 0 aliphatic heterocycles. The van der Waals surface area contributed by atoms with Crippen molar-refractivity contribution in [2.45, 2.75) is 33.1 Å². The number of carbonyl (C=O) groups is 2. The predicted molar refractivity (Wildman–Crippen MR) is 90.7 cm³/mol. The van der Waals surface area contributed by atoms with Crippen LogP contribution >= 0.6 is 0 Å². The van der Waals surface area contributed by atoms with E-state index in [1.807, 2.05) is 39.0 Å². The normalized spacial score (nSPS) is 11.8. The van der Waals surface area contributed by atoms with Gasteiger partial charge in [-0.05, 0) is 37.5 Å². The van der Waals surface area contributed by atoms with Gasteiger partial charge in [-0.25, -0.2) is 0 Å². The first-order chi connectivity index (χ1) is 10.9.